The van der Waals surface area contributed by atoms with Crippen LogP contribution in [0.15, 0.2) is 59.5 Å². The van der Waals surface area contributed by atoms with Gasteiger partial charge in [-0.1, -0.05) is 29.8 Å². The van der Waals surface area contributed by atoms with Crippen molar-refractivity contribution >= 4 is 38.3 Å². The van der Waals surface area contributed by atoms with Gasteiger partial charge in [-0.15, -0.1) is 0 Å². The number of hydrogen-bond acceptors (Lipinski definition) is 6. The van der Waals surface area contributed by atoms with Crippen LogP contribution in [0.3, 0.4) is 0 Å². The number of halogens is 3. The van der Waals surface area contributed by atoms with E-state index in [1.807, 2.05) is 6.07 Å². The third kappa shape index (κ3) is 6.80. The zero-order valence-corrected chi connectivity index (χ0v) is 25.8. The van der Waals surface area contributed by atoms with Crippen molar-refractivity contribution in [1.29, 1.82) is 0 Å². The van der Waals surface area contributed by atoms with Crippen molar-refractivity contribution in [2.75, 3.05) is 13.1 Å². The summed E-state index contributed by atoms with van der Waals surface area (Å²) < 4.78 is 73.9. The smallest absolute Gasteiger partial charge is 0.298 e. The van der Waals surface area contributed by atoms with Crippen molar-refractivity contribution < 1.29 is 31.5 Å². The normalized spacial score (nSPS) is 19.3. The lowest BCUT2D eigenvalue weighted by Crippen LogP contribution is -2.58. The van der Waals surface area contributed by atoms with Crippen molar-refractivity contribution in [3.8, 4) is 11.5 Å². The summed E-state index contributed by atoms with van der Waals surface area (Å²) in [4.78, 5) is 14.7. The molecule has 1 heterocycles. The van der Waals surface area contributed by atoms with Crippen LogP contribution in [0.25, 0.3) is 10.8 Å². The number of likely N-dealkylation sites (tertiary alicyclic amines) is 1. The first-order chi connectivity index (χ1) is 21.0. The molecule has 8 nitrogen and oxygen atoms in total. The number of carbonyl (C=O) groups is 1. The van der Waals surface area contributed by atoms with Crippen LogP contribution >= 0.6 is 11.6 Å². The van der Waals surface area contributed by atoms with E-state index >= 15 is 8.78 Å². The van der Waals surface area contributed by atoms with Crippen LogP contribution < -0.4 is 19.9 Å². The van der Waals surface area contributed by atoms with Gasteiger partial charge in [-0.2, -0.15) is 13.5 Å². The van der Waals surface area contributed by atoms with Crippen molar-refractivity contribution in [2.24, 2.45) is 5.73 Å². The number of nitrogens with one attached hydrogen (secondary N) is 1. The predicted molar refractivity (Wildman–Crippen MR) is 164 cm³/mol. The average molecular weight is 648 g/mol. The number of amides is 1. The summed E-state index contributed by atoms with van der Waals surface area (Å²) in [5, 5.41) is 1.48. The Balaban J connectivity index is 1.30. The molecule has 1 atom stereocenters. The van der Waals surface area contributed by atoms with Crippen molar-refractivity contribution in [3.05, 3.63) is 65.2 Å². The fraction of sp³-hybridized carbons (Fsp3) is 0.469. The van der Waals surface area contributed by atoms with Gasteiger partial charge in [0.2, 0.25) is 15.9 Å². The maximum absolute atomic E-state index is 16.4. The number of fused-ring (bicyclic) bond motifs is 1. The zero-order chi connectivity index (χ0) is 31.1. The lowest BCUT2D eigenvalue weighted by atomic mass is 9.98. The van der Waals surface area contributed by atoms with E-state index in [1.165, 1.54) is 23.1 Å². The molecule has 1 aliphatic heterocycles. The molecule has 0 aromatic heterocycles. The Labute approximate surface area is 260 Å². The number of ether oxygens (including phenoxy) is 2. The quantitative estimate of drug-likeness (QED) is 0.290. The number of nitrogens with zero attached hydrogens (tertiary/aromatic N) is 1. The molecule has 0 spiro atoms. The molecule has 3 N–H and O–H groups in total. The Bertz CT molecular complexity index is 1640. The van der Waals surface area contributed by atoms with Gasteiger partial charge in [0.1, 0.15) is 11.5 Å². The highest BCUT2D eigenvalue weighted by Gasteiger charge is 2.50. The Morgan fingerprint density at radius 2 is 1.57 bits per heavy atom. The number of hydrogen-bond donors (Lipinski definition) is 2. The summed E-state index contributed by atoms with van der Waals surface area (Å²) in [5.74, 6) is -4.22. The standard InChI is InChI=1S/C32H36ClF2N3O5S/c33-28-12-7-22(19-29(28)43-25-9-10-25)32(34,35)30(31(39)38-15-13-23(36)14-16-38)37-44(40,41)27-11-6-20-17-26(8-5-21(20)18-27)42-24-3-1-2-4-24/h5-8,11-12,17-19,23-25,30,37H,1-4,9-10,13-16,36H2/t30-/m1/s1. The van der Waals surface area contributed by atoms with Crippen molar-refractivity contribution in [1.82, 2.24) is 9.62 Å². The Hall–Kier alpha value is -2.99. The number of rotatable bonds is 10. The highest BCUT2D eigenvalue weighted by molar-refractivity contribution is 7.89. The maximum atomic E-state index is 16.4. The molecular formula is C32H36ClF2N3O5S. The van der Waals surface area contributed by atoms with Crippen LogP contribution in [-0.4, -0.2) is 56.6 Å². The van der Waals surface area contributed by atoms with E-state index < -0.39 is 33.5 Å². The van der Waals surface area contributed by atoms with Gasteiger partial charge < -0.3 is 20.1 Å². The largest absolute Gasteiger partial charge is 0.490 e. The van der Waals surface area contributed by atoms with Crippen LogP contribution in [0, 0.1) is 0 Å². The summed E-state index contributed by atoms with van der Waals surface area (Å²) in [6.45, 7) is 0.290. The zero-order valence-electron chi connectivity index (χ0n) is 24.2. The fourth-order valence-electron chi connectivity index (χ4n) is 5.78. The van der Waals surface area contributed by atoms with Crippen molar-refractivity contribution in [2.45, 2.75) is 86.5 Å². The molecule has 0 bridgehead atoms. The second kappa shape index (κ2) is 12.4. The van der Waals surface area contributed by atoms with Crippen LogP contribution in [0.1, 0.15) is 56.9 Å². The highest BCUT2D eigenvalue weighted by Crippen LogP contribution is 2.40. The summed E-state index contributed by atoms with van der Waals surface area (Å²) in [7, 11) is -4.58. The summed E-state index contributed by atoms with van der Waals surface area (Å²) in [6.07, 6.45) is 6.75. The van der Waals surface area contributed by atoms with Crippen LogP contribution in [0.2, 0.25) is 5.02 Å². The number of alkyl halides is 2. The first-order valence-corrected chi connectivity index (χ1v) is 17.0. The first kappa shape index (κ1) is 31.0. The van der Waals surface area contributed by atoms with Crippen molar-refractivity contribution in [3.63, 3.8) is 0 Å². The number of piperidine rings is 1. The molecule has 0 unspecified atom stereocenters. The molecule has 1 saturated heterocycles. The Morgan fingerprint density at radius 1 is 0.909 bits per heavy atom. The van der Waals surface area contributed by atoms with E-state index in [0.717, 1.165) is 56.0 Å². The maximum Gasteiger partial charge on any atom is 0.298 e. The topological polar surface area (TPSA) is 111 Å². The molecule has 2 saturated carbocycles. The van der Waals surface area contributed by atoms with E-state index in [1.54, 1.807) is 18.2 Å². The second-order valence-electron chi connectivity index (χ2n) is 12.0. The first-order valence-electron chi connectivity index (χ1n) is 15.1. The minimum Gasteiger partial charge on any atom is -0.490 e. The lowest BCUT2D eigenvalue weighted by molar-refractivity contribution is -0.145. The Kier molecular flexibility index (Phi) is 8.76. The molecule has 3 fully saturated rings. The molecule has 3 aromatic rings. The minimum absolute atomic E-state index is 0.0650. The monoisotopic (exact) mass is 647 g/mol. The van der Waals surface area contributed by atoms with Crippen LogP contribution in [0.4, 0.5) is 8.78 Å². The van der Waals surface area contributed by atoms with E-state index in [0.29, 0.717) is 24.0 Å². The highest BCUT2D eigenvalue weighted by atomic mass is 35.5. The van der Waals surface area contributed by atoms with Gasteiger partial charge in [0.05, 0.1) is 22.1 Å². The molecule has 236 valence electrons. The molecule has 12 heteroatoms. The number of carbonyl (C=O) groups excluding carboxylic acids is 1. The molecule has 6 rings (SSSR count). The van der Waals surface area contributed by atoms with Gasteiger partial charge in [-0.05, 0) is 98.5 Å². The predicted octanol–water partition coefficient (Wildman–Crippen LogP) is 5.74. The van der Waals surface area contributed by atoms with Gasteiger partial charge >= 0.3 is 0 Å². The van der Waals surface area contributed by atoms with Crippen LogP contribution in [0.5, 0.6) is 11.5 Å². The van der Waals surface area contributed by atoms with E-state index in [9.17, 15) is 13.2 Å². The molecular weight excluding hydrogens is 612 g/mol. The minimum atomic E-state index is -4.58. The molecule has 3 aromatic carbocycles. The molecule has 44 heavy (non-hydrogen) atoms. The third-order valence-corrected chi connectivity index (χ3v) is 10.3. The van der Waals surface area contributed by atoms with E-state index in [4.69, 9.17) is 26.8 Å². The number of sulfonamides is 1. The SMILES string of the molecule is NC1CCN(C(=O)[C@@H](NS(=O)(=O)c2ccc3cc(OC4CCCC4)ccc3c2)C(F)(F)c2ccc(Cl)c(OC3CC3)c2)CC1. The van der Waals surface area contributed by atoms with Gasteiger partial charge in [0, 0.05) is 24.7 Å². The number of benzene rings is 3. The molecule has 0 radical (unpaired) electrons. The molecule has 3 aliphatic rings. The average Bonchev–Trinajstić information content (AvgIpc) is 3.68. The lowest BCUT2D eigenvalue weighted by Gasteiger charge is -2.35. The summed E-state index contributed by atoms with van der Waals surface area (Å²) >= 11 is 6.21. The van der Waals surface area contributed by atoms with Gasteiger partial charge in [-0.25, -0.2) is 8.42 Å². The van der Waals surface area contributed by atoms with Gasteiger partial charge in [-0.3, -0.25) is 4.79 Å². The van der Waals surface area contributed by atoms with E-state index in [2.05, 4.69) is 4.72 Å². The molecule has 1 amide bonds. The Morgan fingerprint density at radius 3 is 2.27 bits per heavy atom. The van der Waals surface area contributed by atoms with Gasteiger partial charge in [0.25, 0.3) is 5.92 Å². The van der Waals surface area contributed by atoms with Crippen LogP contribution in [-0.2, 0) is 20.7 Å². The molecule has 2 aliphatic carbocycles. The summed E-state index contributed by atoms with van der Waals surface area (Å²) in [5.41, 5.74) is 5.38. The fourth-order valence-corrected chi connectivity index (χ4v) is 7.17. The van der Waals surface area contributed by atoms with E-state index in [-0.39, 0.29) is 47.0 Å². The third-order valence-electron chi connectivity index (χ3n) is 8.57. The summed E-state index contributed by atoms with van der Waals surface area (Å²) in [6, 6.07) is 10.6. The number of nitrogens with two attached hydrogens (primary N) is 1. The van der Waals surface area contributed by atoms with Gasteiger partial charge in [0.15, 0.2) is 6.04 Å². The second-order valence-corrected chi connectivity index (χ2v) is 14.1.